The summed E-state index contributed by atoms with van der Waals surface area (Å²) in [4.78, 5) is 6.50. The highest BCUT2D eigenvalue weighted by Gasteiger charge is 2.39. The van der Waals surface area contributed by atoms with Gasteiger partial charge in [-0.1, -0.05) is 26.0 Å². The van der Waals surface area contributed by atoms with Crippen molar-refractivity contribution in [3.8, 4) is 5.75 Å². The first-order valence-corrected chi connectivity index (χ1v) is 6.30. The van der Waals surface area contributed by atoms with Crippen molar-refractivity contribution in [2.75, 3.05) is 13.1 Å². The molecule has 0 aromatic heterocycles. The highest BCUT2D eigenvalue weighted by atomic mass is 16.3. The summed E-state index contributed by atoms with van der Waals surface area (Å²) >= 11 is 0. The lowest BCUT2D eigenvalue weighted by atomic mass is 9.90. The van der Waals surface area contributed by atoms with E-state index in [9.17, 15) is 5.11 Å². The van der Waals surface area contributed by atoms with E-state index < -0.39 is 0 Å². The van der Waals surface area contributed by atoms with E-state index in [0.29, 0.717) is 18.4 Å². The smallest absolute Gasteiger partial charge is 0.192 e. The van der Waals surface area contributed by atoms with E-state index in [1.165, 1.54) is 0 Å². The van der Waals surface area contributed by atoms with Crippen LogP contribution >= 0.6 is 0 Å². The van der Waals surface area contributed by atoms with Crippen LogP contribution in [0.4, 0.5) is 0 Å². The Morgan fingerprint density at radius 2 is 2.22 bits per heavy atom. The molecule has 1 aromatic rings. The lowest BCUT2D eigenvalue weighted by Gasteiger charge is -2.37. The molecule has 0 fully saturated rings. The number of benzene rings is 1. The Kier molecular flexibility index (Phi) is 3.20. The third-order valence-electron chi connectivity index (χ3n) is 3.44. The molecule has 2 rings (SSSR count). The second-order valence-corrected chi connectivity index (χ2v) is 5.50. The molecular weight excluding hydrogens is 226 g/mol. The number of phenolic OH excluding ortho intramolecular Hbond substituents is 1. The van der Waals surface area contributed by atoms with Gasteiger partial charge in [0.1, 0.15) is 5.75 Å². The van der Waals surface area contributed by atoms with E-state index in [1.807, 2.05) is 12.1 Å². The van der Waals surface area contributed by atoms with Gasteiger partial charge < -0.3 is 15.7 Å². The Bertz CT molecular complexity index is 470. The number of nitrogens with zero attached hydrogens (tertiary/aromatic N) is 2. The van der Waals surface area contributed by atoms with Gasteiger partial charge in [0.25, 0.3) is 0 Å². The molecule has 1 aliphatic heterocycles. The summed E-state index contributed by atoms with van der Waals surface area (Å²) in [7, 11) is 0. The predicted octanol–water partition coefficient (Wildman–Crippen LogP) is 1.89. The molecule has 98 valence electrons. The van der Waals surface area contributed by atoms with E-state index in [1.54, 1.807) is 12.1 Å². The zero-order valence-corrected chi connectivity index (χ0v) is 11.2. The Labute approximate surface area is 108 Å². The van der Waals surface area contributed by atoms with Crippen LogP contribution in [-0.2, 0) is 5.54 Å². The zero-order valence-electron chi connectivity index (χ0n) is 11.2. The van der Waals surface area contributed by atoms with Gasteiger partial charge in [0.15, 0.2) is 5.96 Å². The van der Waals surface area contributed by atoms with Crippen molar-refractivity contribution in [3.05, 3.63) is 29.8 Å². The molecule has 4 nitrogen and oxygen atoms in total. The number of rotatable bonds is 3. The fraction of sp³-hybridized carbons (Fsp3) is 0.500. The summed E-state index contributed by atoms with van der Waals surface area (Å²) in [6, 6.07) is 7.35. The van der Waals surface area contributed by atoms with Crippen LogP contribution < -0.4 is 5.73 Å². The molecule has 4 heteroatoms. The van der Waals surface area contributed by atoms with Crippen LogP contribution in [0.2, 0.25) is 0 Å². The second-order valence-electron chi connectivity index (χ2n) is 5.50. The molecule has 3 N–H and O–H groups in total. The Morgan fingerprint density at radius 3 is 2.83 bits per heavy atom. The summed E-state index contributed by atoms with van der Waals surface area (Å²) in [5, 5.41) is 9.63. The molecule has 1 atom stereocenters. The minimum Gasteiger partial charge on any atom is -0.508 e. The van der Waals surface area contributed by atoms with Gasteiger partial charge in [-0.2, -0.15) is 0 Å². The summed E-state index contributed by atoms with van der Waals surface area (Å²) in [6.45, 7) is 7.94. The highest BCUT2D eigenvalue weighted by Crippen LogP contribution is 2.34. The molecule has 0 saturated carbocycles. The van der Waals surface area contributed by atoms with Gasteiger partial charge in [-0.25, -0.2) is 0 Å². The average Bonchev–Trinajstić information content (AvgIpc) is 2.58. The quantitative estimate of drug-likeness (QED) is 0.857. The SMILES string of the molecule is CC(C)CN1C(N)=NCC1(C)c1cccc(O)c1. The third kappa shape index (κ3) is 2.15. The summed E-state index contributed by atoms with van der Waals surface area (Å²) in [5.41, 5.74) is 6.78. The highest BCUT2D eigenvalue weighted by molar-refractivity contribution is 5.81. The first-order valence-electron chi connectivity index (χ1n) is 6.30. The molecule has 1 unspecified atom stereocenters. The molecule has 0 amide bonds. The van der Waals surface area contributed by atoms with Gasteiger partial charge in [0.05, 0.1) is 12.1 Å². The number of nitrogens with two attached hydrogens (primary N) is 1. The topological polar surface area (TPSA) is 61.8 Å². The lowest BCUT2D eigenvalue weighted by Crippen LogP contribution is -2.48. The molecule has 1 aliphatic rings. The predicted molar refractivity (Wildman–Crippen MR) is 73.5 cm³/mol. The molecule has 1 heterocycles. The Balaban J connectivity index is 2.35. The molecule has 1 aromatic carbocycles. The largest absolute Gasteiger partial charge is 0.508 e. The fourth-order valence-corrected chi connectivity index (χ4v) is 2.41. The van der Waals surface area contributed by atoms with Gasteiger partial charge >= 0.3 is 0 Å². The minimum atomic E-state index is -0.257. The van der Waals surface area contributed by atoms with Crippen molar-refractivity contribution in [1.82, 2.24) is 4.90 Å². The first-order chi connectivity index (χ1) is 8.43. The van der Waals surface area contributed by atoms with E-state index in [4.69, 9.17) is 5.73 Å². The van der Waals surface area contributed by atoms with Crippen LogP contribution in [0.5, 0.6) is 5.75 Å². The normalized spacial score (nSPS) is 23.6. The minimum absolute atomic E-state index is 0.257. The Morgan fingerprint density at radius 1 is 1.50 bits per heavy atom. The Hall–Kier alpha value is -1.71. The van der Waals surface area contributed by atoms with Crippen molar-refractivity contribution in [1.29, 1.82) is 0 Å². The van der Waals surface area contributed by atoms with Crippen molar-refractivity contribution in [3.63, 3.8) is 0 Å². The monoisotopic (exact) mass is 247 g/mol. The zero-order chi connectivity index (χ0) is 13.3. The van der Waals surface area contributed by atoms with Crippen LogP contribution in [-0.4, -0.2) is 29.1 Å². The van der Waals surface area contributed by atoms with Gasteiger partial charge in [0.2, 0.25) is 0 Å². The summed E-state index contributed by atoms with van der Waals surface area (Å²) < 4.78 is 0. The van der Waals surface area contributed by atoms with Crippen LogP contribution in [0.1, 0.15) is 26.3 Å². The summed E-state index contributed by atoms with van der Waals surface area (Å²) in [5.74, 6) is 1.38. The molecule has 0 saturated heterocycles. The van der Waals surface area contributed by atoms with Gasteiger partial charge in [-0.15, -0.1) is 0 Å². The maximum absolute atomic E-state index is 9.63. The van der Waals surface area contributed by atoms with Crippen LogP contribution in [0.25, 0.3) is 0 Å². The molecular formula is C14H21N3O. The summed E-state index contributed by atoms with van der Waals surface area (Å²) in [6.07, 6.45) is 0. The van der Waals surface area contributed by atoms with Gasteiger partial charge in [-0.3, -0.25) is 4.99 Å². The van der Waals surface area contributed by atoms with E-state index >= 15 is 0 Å². The number of phenols is 1. The van der Waals surface area contributed by atoms with E-state index in [2.05, 4.69) is 30.7 Å². The van der Waals surface area contributed by atoms with Crippen molar-refractivity contribution >= 4 is 5.96 Å². The van der Waals surface area contributed by atoms with Crippen molar-refractivity contribution in [2.45, 2.75) is 26.3 Å². The lowest BCUT2D eigenvalue weighted by molar-refractivity contribution is 0.204. The average molecular weight is 247 g/mol. The van der Waals surface area contributed by atoms with Crippen molar-refractivity contribution < 1.29 is 5.11 Å². The maximum Gasteiger partial charge on any atom is 0.192 e. The first kappa shape index (κ1) is 12.7. The van der Waals surface area contributed by atoms with Crippen molar-refractivity contribution in [2.24, 2.45) is 16.6 Å². The molecule has 0 spiro atoms. The fourth-order valence-electron chi connectivity index (χ4n) is 2.41. The van der Waals surface area contributed by atoms with Crippen LogP contribution in [0, 0.1) is 5.92 Å². The molecule has 0 bridgehead atoms. The van der Waals surface area contributed by atoms with E-state index in [0.717, 1.165) is 12.1 Å². The third-order valence-corrected chi connectivity index (χ3v) is 3.44. The molecule has 0 radical (unpaired) electrons. The molecule has 18 heavy (non-hydrogen) atoms. The van der Waals surface area contributed by atoms with Gasteiger partial charge in [-0.05, 0) is 30.5 Å². The van der Waals surface area contributed by atoms with Crippen LogP contribution in [0.3, 0.4) is 0 Å². The molecule has 0 aliphatic carbocycles. The second kappa shape index (κ2) is 4.52. The van der Waals surface area contributed by atoms with E-state index in [-0.39, 0.29) is 11.3 Å². The number of hydrogen-bond acceptors (Lipinski definition) is 4. The number of hydrogen-bond donors (Lipinski definition) is 2. The standard InChI is InChI=1S/C14H21N3O/c1-10(2)8-17-13(15)16-9-14(17,3)11-5-4-6-12(18)7-11/h4-7,10,18H,8-9H2,1-3H3,(H2,15,16). The van der Waals surface area contributed by atoms with Gasteiger partial charge in [0, 0.05) is 6.54 Å². The number of aromatic hydroxyl groups is 1. The number of aliphatic imine (C=N–C) groups is 1. The maximum atomic E-state index is 9.63. The number of guanidine groups is 1. The van der Waals surface area contributed by atoms with Crippen LogP contribution in [0.15, 0.2) is 29.3 Å².